The van der Waals surface area contributed by atoms with Crippen molar-refractivity contribution in [3.63, 3.8) is 0 Å². The number of amides is 1. The van der Waals surface area contributed by atoms with E-state index in [0.29, 0.717) is 45.1 Å². The van der Waals surface area contributed by atoms with Crippen LogP contribution in [0, 0.1) is 0 Å². The second-order valence-corrected chi connectivity index (χ2v) is 11.2. The summed E-state index contributed by atoms with van der Waals surface area (Å²) in [7, 11) is -3.60. The van der Waals surface area contributed by atoms with Crippen LogP contribution in [0.1, 0.15) is 31.6 Å². The highest BCUT2D eigenvalue weighted by atomic mass is 32.2. The number of ether oxygens (including phenoxy) is 1. The first kappa shape index (κ1) is 24.7. The number of likely N-dealkylation sites (tertiary alicyclic amines) is 1. The van der Waals surface area contributed by atoms with Gasteiger partial charge in [-0.05, 0) is 69.3 Å². The number of benzene rings is 2. The topological polar surface area (TPSA) is 96.2 Å². The zero-order chi connectivity index (χ0) is 25.1. The number of para-hydroxylation sites is 2. The summed E-state index contributed by atoms with van der Waals surface area (Å²) in [4.78, 5) is 21.8. The van der Waals surface area contributed by atoms with Gasteiger partial charge in [0.2, 0.25) is 15.9 Å². The third-order valence-electron chi connectivity index (χ3n) is 6.97. The van der Waals surface area contributed by atoms with E-state index in [9.17, 15) is 13.2 Å². The lowest BCUT2D eigenvalue weighted by Crippen LogP contribution is -2.53. The van der Waals surface area contributed by atoms with Crippen molar-refractivity contribution in [2.45, 2.75) is 30.6 Å². The van der Waals surface area contributed by atoms with Crippen molar-refractivity contribution in [1.82, 2.24) is 19.1 Å². The van der Waals surface area contributed by atoms with E-state index in [-0.39, 0.29) is 16.7 Å². The standard InChI is InChI=1S/C26H32N4O5S/c1-2-34-21-7-9-22(10-8-21)36(32,33)30-17-15-29(16-18-30)25(31)19-28-13-11-20(12-14-28)26-27-23-5-3-4-6-24(23)35-26/h3-10,20H,2,11-19H2,1H3. The summed E-state index contributed by atoms with van der Waals surface area (Å²) in [5.74, 6) is 1.74. The third-order valence-corrected chi connectivity index (χ3v) is 8.88. The van der Waals surface area contributed by atoms with E-state index in [2.05, 4.69) is 9.88 Å². The molecule has 3 heterocycles. The predicted octanol–water partition coefficient (Wildman–Crippen LogP) is 2.94. The maximum Gasteiger partial charge on any atom is 0.243 e. The highest BCUT2D eigenvalue weighted by Crippen LogP contribution is 2.30. The van der Waals surface area contributed by atoms with Crippen molar-refractivity contribution in [1.29, 1.82) is 0 Å². The molecule has 2 aliphatic heterocycles. The fourth-order valence-electron chi connectivity index (χ4n) is 4.90. The van der Waals surface area contributed by atoms with Gasteiger partial charge < -0.3 is 14.1 Å². The van der Waals surface area contributed by atoms with Crippen LogP contribution in [-0.4, -0.2) is 85.8 Å². The first-order valence-corrected chi connectivity index (χ1v) is 14.0. The Labute approximate surface area is 211 Å². The van der Waals surface area contributed by atoms with Gasteiger partial charge in [0.05, 0.1) is 18.0 Å². The highest BCUT2D eigenvalue weighted by molar-refractivity contribution is 7.89. The van der Waals surface area contributed by atoms with Gasteiger partial charge in [-0.15, -0.1) is 0 Å². The molecule has 0 unspecified atom stereocenters. The summed E-state index contributed by atoms with van der Waals surface area (Å²) in [5.41, 5.74) is 1.70. The van der Waals surface area contributed by atoms with Crippen LogP contribution in [0.25, 0.3) is 11.1 Å². The number of carbonyl (C=O) groups excluding carboxylic acids is 1. The number of fused-ring (bicyclic) bond motifs is 1. The van der Waals surface area contributed by atoms with Crippen molar-refractivity contribution in [3.8, 4) is 5.75 Å². The molecule has 0 aliphatic carbocycles. The molecule has 0 saturated carbocycles. The molecule has 1 aromatic heterocycles. The van der Waals surface area contributed by atoms with E-state index in [1.807, 2.05) is 31.2 Å². The summed E-state index contributed by atoms with van der Waals surface area (Å²) in [6.07, 6.45) is 1.79. The Balaban J connectivity index is 1.10. The molecule has 3 aromatic rings. The largest absolute Gasteiger partial charge is 0.494 e. The Morgan fingerprint density at radius 2 is 1.69 bits per heavy atom. The Morgan fingerprint density at radius 3 is 2.36 bits per heavy atom. The number of piperazine rings is 1. The van der Waals surface area contributed by atoms with Gasteiger partial charge in [-0.2, -0.15) is 4.31 Å². The molecule has 0 N–H and O–H groups in total. The number of rotatable bonds is 7. The minimum absolute atomic E-state index is 0.0495. The minimum Gasteiger partial charge on any atom is -0.494 e. The van der Waals surface area contributed by atoms with E-state index in [4.69, 9.17) is 9.15 Å². The number of sulfonamides is 1. The average molecular weight is 513 g/mol. The summed E-state index contributed by atoms with van der Waals surface area (Å²) in [6.45, 7) is 5.76. The molecule has 0 atom stereocenters. The van der Waals surface area contributed by atoms with Crippen LogP contribution in [-0.2, 0) is 14.8 Å². The molecule has 10 heteroatoms. The van der Waals surface area contributed by atoms with Gasteiger partial charge in [0.15, 0.2) is 11.5 Å². The molecular formula is C26H32N4O5S. The molecule has 1 amide bonds. The first-order chi connectivity index (χ1) is 17.4. The number of aromatic nitrogens is 1. The lowest BCUT2D eigenvalue weighted by molar-refractivity contribution is -0.133. The highest BCUT2D eigenvalue weighted by Gasteiger charge is 2.31. The summed E-state index contributed by atoms with van der Waals surface area (Å²) < 4.78 is 38.8. The van der Waals surface area contributed by atoms with Gasteiger partial charge in [0.25, 0.3) is 0 Å². The number of piperidine rings is 1. The Kier molecular flexibility index (Phi) is 7.27. The van der Waals surface area contributed by atoms with E-state index >= 15 is 0 Å². The fraction of sp³-hybridized carbons (Fsp3) is 0.462. The molecule has 2 saturated heterocycles. The molecule has 2 aromatic carbocycles. The molecule has 192 valence electrons. The van der Waals surface area contributed by atoms with Crippen molar-refractivity contribution < 1.29 is 22.4 Å². The molecule has 9 nitrogen and oxygen atoms in total. The lowest BCUT2D eigenvalue weighted by Gasteiger charge is -2.36. The van der Waals surface area contributed by atoms with Crippen molar-refractivity contribution in [2.75, 3.05) is 52.4 Å². The van der Waals surface area contributed by atoms with Crippen LogP contribution in [0.15, 0.2) is 57.8 Å². The van der Waals surface area contributed by atoms with E-state index in [1.165, 1.54) is 4.31 Å². The Bertz CT molecular complexity index is 1260. The Morgan fingerprint density at radius 1 is 1.00 bits per heavy atom. The number of oxazole rings is 1. The smallest absolute Gasteiger partial charge is 0.243 e. The molecular weight excluding hydrogens is 480 g/mol. The average Bonchev–Trinajstić information content (AvgIpc) is 3.34. The van der Waals surface area contributed by atoms with Gasteiger partial charge in [-0.1, -0.05) is 12.1 Å². The molecule has 5 rings (SSSR count). The van der Waals surface area contributed by atoms with E-state index < -0.39 is 10.0 Å². The van der Waals surface area contributed by atoms with Crippen molar-refractivity contribution >= 4 is 27.0 Å². The van der Waals surface area contributed by atoms with E-state index in [0.717, 1.165) is 42.9 Å². The minimum atomic E-state index is -3.60. The first-order valence-electron chi connectivity index (χ1n) is 12.5. The maximum atomic E-state index is 13.0. The zero-order valence-electron chi connectivity index (χ0n) is 20.5. The quantitative estimate of drug-likeness (QED) is 0.480. The van der Waals surface area contributed by atoms with Crippen LogP contribution < -0.4 is 4.74 Å². The van der Waals surface area contributed by atoms with Crippen LogP contribution >= 0.6 is 0 Å². The SMILES string of the molecule is CCOc1ccc(S(=O)(=O)N2CCN(C(=O)CN3CCC(c4nc5ccccc5o4)CC3)CC2)cc1. The van der Waals surface area contributed by atoms with Crippen LogP contribution in [0.2, 0.25) is 0 Å². The maximum absolute atomic E-state index is 13.0. The van der Waals surface area contributed by atoms with Gasteiger partial charge in [0.1, 0.15) is 11.3 Å². The monoisotopic (exact) mass is 512 g/mol. The number of hydrogen-bond donors (Lipinski definition) is 0. The molecule has 0 radical (unpaired) electrons. The van der Waals surface area contributed by atoms with E-state index in [1.54, 1.807) is 29.2 Å². The normalized spacial score (nSPS) is 18.5. The van der Waals surface area contributed by atoms with Gasteiger partial charge >= 0.3 is 0 Å². The summed E-state index contributed by atoms with van der Waals surface area (Å²) >= 11 is 0. The van der Waals surface area contributed by atoms with Crippen molar-refractivity contribution in [2.24, 2.45) is 0 Å². The molecule has 2 aliphatic rings. The van der Waals surface area contributed by atoms with Gasteiger partial charge in [-0.3, -0.25) is 9.69 Å². The molecule has 2 fully saturated rings. The molecule has 36 heavy (non-hydrogen) atoms. The second kappa shape index (κ2) is 10.6. The third kappa shape index (κ3) is 5.25. The molecule has 0 spiro atoms. The lowest BCUT2D eigenvalue weighted by atomic mass is 9.97. The fourth-order valence-corrected chi connectivity index (χ4v) is 6.32. The predicted molar refractivity (Wildman–Crippen MR) is 135 cm³/mol. The Hall–Kier alpha value is -2.95. The van der Waals surface area contributed by atoms with Gasteiger partial charge in [0, 0.05) is 32.1 Å². The summed E-state index contributed by atoms with van der Waals surface area (Å²) in [5, 5.41) is 0. The number of nitrogens with zero attached hydrogens (tertiary/aromatic N) is 4. The molecule has 0 bridgehead atoms. The number of carbonyl (C=O) groups is 1. The van der Waals surface area contributed by atoms with Crippen LogP contribution in [0.4, 0.5) is 0 Å². The second-order valence-electron chi connectivity index (χ2n) is 9.26. The van der Waals surface area contributed by atoms with Crippen LogP contribution in [0.3, 0.4) is 0 Å². The van der Waals surface area contributed by atoms with Crippen molar-refractivity contribution in [3.05, 3.63) is 54.4 Å². The zero-order valence-corrected chi connectivity index (χ0v) is 21.3. The summed E-state index contributed by atoms with van der Waals surface area (Å²) in [6, 6.07) is 14.3. The van der Waals surface area contributed by atoms with Gasteiger partial charge in [-0.25, -0.2) is 13.4 Å². The number of hydrogen-bond acceptors (Lipinski definition) is 7. The van der Waals surface area contributed by atoms with Crippen LogP contribution in [0.5, 0.6) is 5.75 Å².